The maximum atomic E-state index is 12.7. The summed E-state index contributed by atoms with van der Waals surface area (Å²) in [4.78, 5) is 14.5. The minimum absolute atomic E-state index is 0.0373. The van der Waals surface area contributed by atoms with E-state index in [1.54, 1.807) is 23.1 Å². The van der Waals surface area contributed by atoms with Crippen LogP contribution >= 0.6 is 0 Å². The number of nitrogens with two attached hydrogens (primary N) is 1. The highest BCUT2D eigenvalue weighted by molar-refractivity contribution is 5.95. The fourth-order valence-electron chi connectivity index (χ4n) is 2.59. The molecule has 0 fully saturated rings. The molecule has 0 unspecified atom stereocenters. The summed E-state index contributed by atoms with van der Waals surface area (Å²) in [5, 5.41) is 0. The lowest BCUT2D eigenvalue weighted by atomic mass is 10.1. The Labute approximate surface area is 135 Å². The molecule has 0 saturated carbocycles. The summed E-state index contributed by atoms with van der Waals surface area (Å²) in [7, 11) is 0. The van der Waals surface area contributed by atoms with Gasteiger partial charge in [0.15, 0.2) is 11.5 Å². The number of ether oxygens (including phenoxy) is 2. The van der Waals surface area contributed by atoms with E-state index >= 15 is 0 Å². The second-order valence-corrected chi connectivity index (χ2v) is 5.38. The van der Waals surface area contributed by atoms with Gasteiger partial charge >= 0.3 is 0 Å². The quantitative estimate of drug-likeness (QED) is 0.887. The van der Waals surface area contributed by atoms with Gasteiger partial charge in [0.05, 0.1) is 0 Å². The topological polar surface area (TPSA) is 64.8 Å². The largest absolute Gasteiger partial charge is 0.454 e. The zero-order valence-corrected chi connectivity index (χ0v) is 12.9. The summed E-state index contributed by atoms with van der Waals surface area (Å²) in [6.07, 6.45) is 0.803. The van der Waals surface area contributed by atoms with E-state index < -0.39 is 0 Å². The van der Waals surface area contributed by atoms with Crippen molar-refractivity contribution in [3.63, 3.8) is 0 Å². The molecule has 0 atom stereocenters. The molecule has 5 nitrogen and oxygen atoms in total. The molecule has 0 spiro atoms. The fraction of sp³-hybridized carbons (Fsp3) is 0.278. The molecule has 0 saturated heterocycles. The van der Waals surface area contributed by atoms with Crippen molar-refractivity contribution in [2.75, 3.05) is 26.4 Å². The van der Waals surface area contributed by atoms with Crippen LogP contribution in [-0.4, -0.2) is 37.2 Å². The molecule has 2 aromatic rings. The molecule has 1 aliphatic heterocycles. The first-order chi connectivity index (χ1) is 11.3. The van der Waals surface area contributed by atoms with E-state index in [9.17, 15) is 4.79 Å². The van der Waals surface area contributed by atoms with Crippen LogP contribution in [-0.2, 0) is 6.42 Å². The summed E-state index contributed by atoms with van der Waals surface area (Å²) in [6.45, 7) is 1.80. The Kier molecular flexibility index (Phi) is 4.78. The van der Waals surface area contributed by atoms with Gasteiger partial charge in [-0.3, -0.25) is 4.79 Å². The van der Waals surface area contributed by atoms with Crippen LogP contribution in [0.25, 0.3) is 0 Å². The number of hydrogen-bond donors (Lipinski definition) is 1. The fourth-order valence-corrected chi connectivity index (χ4v) is 2.59. The Morgan fingerprint density at radius 1 is 1.04 bits per heavy atom. The molecule has 120 valence electrons. The Balaban J connectivity index is 1.71. The third-order valence-electron chi connectivity index (χ3n) is 3.82. The lowest BCUT2D eigenvalue weighted by molar-refractivity contribution is 0.0761. The second kappa shape index (κ2) is 7.15. The van der Waals surface area contributed by atoms with Gasteiger partial charge in [-0.1, -0.05) is 30.3 Å². The lowest BCUT2D eigenvalue weighted by Crippen LogP contribution is -2.36. The van der Waals surface area contributed by atoms with E-state index in [2.05, 4.69) is 12.1 Å². The van der Waals surface area contributed by atoms with Crippen molar-refractivity contribution >= 4 is 5.91 Å². The van der Waals surface area contributed by atoms with Gasteiger partial charge in [0.2, 0.25) is 6.79 Å². The summed E-state index contributed by atoms with van der Waals surface area (Å²) >= 11 is 0. The SMILES string of the molecule is NCCN(CCc1ccccc1)C(=O)c1ccc2c(c1)OCO2. The van der Waals surface area contributed by atoms with Gasteiger partial charge in [0, 0.05) is 25.2 Å². The Morgan fingerprint density at radius 2 is 1.83 bits per heavy atom. The van der Waals surface area contributed by atoms with Crippen LogP contribution in [0.2, 0.25) is 0 Å². The molecule has 2 aromatic carbocycles. The Hall–Kier alpha value is -2.53. The highest BCUT2D eigenvalue weighted by Crippen LogP contribution is 2.32. The molecular weight excluding hydrogens is 292 g/mol. The van der Waals surface area contributed by atoms with Crippen molar-refractivity contribution in [2.45, 2.75) is 6.42 Å². The molecule has 0 aliphatic carbocycles. The van der Waals surface area contributed by atoms with Gasteiger partial charge in [-0.05, 0) is 30.2 Å². The normalized spacial score (nSPS) is 12.2. The Morgan fingerprint density at radius 3 is 2.61 bits per heavy atom. The standard InChI is InChI=1S/C18H20N2O3/c19-9-11-20(10-8-14-4-2-1-3-5-14)18(21)15-6-7-16-17(12-15)23-13-22-16/h1-7,12H,8-11,13,19H2. The first-order valence-electron chi connectivity index (χ1n) is 7.71. The zero-order chi connectivity index (χ0) is 16.1. The third kappa shape index (κ3) is 3.63. The van der Waals surface area contributed by atoms with Crippen LogP contribution in [0.5, 0.6) is 11.5 Å². The van der Waals surface area contributed by atoms with E-state index in [0.717, 1.165) is 6.42 Å². The average molecular weight is 312 g/mol. The van der Waals surface area contributed by atoms with Gasteiger partial charge in [-0.15, -0.1) is 0 Å². The van der Waals surface area contributed by atoms with Crippen LogP contribution in [0.4, 0.5) is 0 Å². The maximum absolute atomic E-state index is 12.7. The van der Waals surface area contributed by atoms with Gasteiger partial charge < -0.3 is 20.1 Å². The number of carbonyl (C=O) groups excluding carboxylic acids is 1. The van der Waals surface area contributed by atoms with Crippen molar-refractivity contribution < 1.29 is 14.3 Å². The van der Waals surface area contributed by atoms with Gasteiger partial charge in [0.25, 0.3) is 5.91 Å². The summed E-state index contributed by atoms with van der Waals surface area (Å²) in [5.74, 6) is 1.26. The molecule has 1 aliphatic rings. The molecule has 2 N–H and O–H groups in total. The van der Waals surface area contributed by atoms with E-state index in [1.165, 1.54) is 5.56 Å². The predicted molar refractivity (Wildman–Crippen MR) is 87.7 cm³/mol. The van der Waals surface area contributed by atoms with Crippen molar-refractivity contribution in [2.24, 2.45) is 5.73 Å². The van der Waals surface area contributed by atoms with Crippen LogP contribution in [0.15, 0.2) is 48.5 Å². The number of rotatable bonds is 6. The Bertz CT molecular complexity index is 673. The van der Waals surface area contributed by atoms with Gasteiger partial charge in [0.1, 0.15) is 0 Å². The minimum atomic E-state index is -0.0373. The van der Waals surface area contributed by atoms with Gasteiger partial charge in [-0.25, -0.2) is 0 Å². The number of amides is 1. The maximum Gasteiger partial charge on any atom is 0.254 e. The van der Waals surface area contributed by atoms with E-state index in [0.29, 0.717) is 36.7 Å². The molecular formula is C18H20N2O3. The average Bonchev–Trinajstić information content (AvgIpc) is 3.06. The van der Waals surface area contributed by atoms with Gasteiger partial charge in [-0.2, -0.15) is 0 Å². The molecule has 23 heavy (non-hydrogen) atoms. The van der Waals surface area contributed by atoms with Crippen LogP contribution < -0.4 is 15.2 Å². The highest BCUT2D eigenvalue weighted by atomic mass is 16.7. The van der Waals surface area contributed by atoms with Crippen molar-refractivity contribution in [1.82, 2.24) is 4.90 Å². The van der Waals surface area contributed by atoms with Crippen LogP contribution in [0, 0.1) is 0 Å². The molecule has 0 aromatic heterocycles. The summed E-state index contributed by atoms with van der Waals surface area (Å²) in [5.41, 5.74) is 7.46. The number of benzene rings is 2. The third-order valence-corrected chi connectivity index (χ3v) is 3.82. The predicted octanol–water partition coefficient (Wildman–Crippen LogP) is 2.06. The molecule has 3 rings (SSSR count). The van der Waals surface area contributed by atoms with E-state index in [1.807, 2.05) is 18.2 Å². The molecule has 1 heterocycles. The molecule has 1 amide bonds. The van der Waals surface area contributed by atoms with E-state index in [4.69, 9.17) is 15.2 Å². The molecule has 0 bridgehead atoms. The number of fused-ring (bicyclic) bond motifs is 1. The highest BCUT2D eigenvalue weighted by Gasteiger charge is 2.19. The first kappa shape index (κ1) is 15.4. The number of nitrogens with zero attached hydrogens (tertiary/aromatic N) is 1. The zero-order valence-electron chi connectivity index (χ0n) is 12.9. The second-order valence-electron chi connectivity index (χ2n) is 5.38. The number of hydrogen-bond acceptors (Lipinski definition) is 4. The summed E-state index contributed by atoms with van der Waals surface area (Å²) < 4.78 is 10.6. The smallest absolute Gasteiger partial charge is 0.254 e. The molecule has 0 radical (unpaired) electrons. The monoisotopic (exact) mass is 312 g/mol. The first-order valence-corrected chi connectivity index (χ1v) is 7.71. The van der Waals surface area contributed by atoms with Crippen molar-refractivity contribution in [1.29, 1.82) is 0 Å². The summed E-state index contributed by atoms with van der Waals surface area (Å²) in [6, 6.07) is 15.4. The lowest BCUT2D eigenvalue weighted by Gasteiger charge is -2.22. The van der Waals surface area contributed by atoms with Crippen molar-refractivity contribution in [3.8, 4) is 11.5 Å². The van der Waals surface area contributed by atoms with Crippen molar-refractivity contribution in [3.05, 3.63) is 59.7 Å². The minimum Gasteiger partial charge on any atom is -0.454 e. The van der Waals surface area contributed by atoms with Crippen LogP contribution in [0.3, 0.4) is 0 Å². The number of carbonyl (C=O) groups is 1. The van der Waals surface area contributed by atoms with E-state index in [-0.39, 0.29) is 12.7 Å². The van der Waals surface area contributed by atoms with Crippen LogP contribution in [0.1, 0.15) is 15.9 Å². The molecule has 5 heteroatoms.